The smallest absolute Gasteiger partial charge is 0.199 e. The van der Waals surface area contributed by atoms with Gasteiger partial charge in [0.2, 0.25) is 0 Å². The van der Waals surface area contributed by atoms with E-state index in [1.807, 2.05) is 45.9 Å². The minimum absolute atomic E-state index is 0.0559. The van der Waals surface area contributed by atoms with E-state index in [9.17, 15) is 8.09 Å². The molecule has 0 aliphatic rings. The molecule has 1 rings (SSSR count). The summed E-state index contributed by atoms with van der Waals surface area (Å²) in [6, 6.07) is 5.72. The molecule has 0 bridgehead atoms. The van der Waals surface area contributed by atoms with Crippen molar-refractivity contribution in [2.24, 2.45) is 4.36 Å². The first kappa shape index (κ1) is 17.7. The third-order valence-corrected chi connectivity index (χ3v) is 4.55. The lowest BCUT2D eigenvalue weighted by Crippen LogP contribution is -2.23. The van der Waals surface area contributed by atoms with Gasteiger partial charge in [-0.05, 0) is 23.0 Å². The maximum Gasteiger partial charge on any atom is 0.276 e. The van der Waals surface area contributed by atoms with Crippen molar-refractivity contribution in [1.29, 1.82) is 0 Å². The Morgan fingerprint density at radius 3 is 2.14 bits per heavy atom. The van der Waals surface area contributed by atoms with Crippen LogP contribution in [0.3, 0.4) is 0 Å². The first-order chi connectivity index (χ1) is 9.70. The summed E-state index contributed by atoms with van der Waals surface area (Å²) in [6.07, 6.45) is 5.15. The minimum atomic E-state index is -4.02. The number of terminal acetylenes is 1. The number of rotatable bonds is 5. The highest BCUT2D eigenvalue weighted by Gasteiger charge is 2.19. The van der Waals surface area contributed by atoms with Crippen LogP contribution in [0.15, 0.2) is 22.6 Å². The predicted molar refractivity (Wildman–Crippen MR) is 87.4 cm³/mol. The summed E-state index contributed by atoms with van der Waals surface area (Å²) >= 11 is 0. The summed E-state index contributed by atoms with van der Waals surface area (Å²) in [5.74, 6) is 2.61. The maximum atomic E-state index is 14.4. The molecule has 5 heteroatoms. The van der Waals surface area contributed by atoms with Crippen LogP contribution in [0.4, 0.5) is 9.57 Å². The summed E-state index contributed by atoms with van der Waals surface area (Å²) < 4.78 is 31.5. The fraction of sp³-hybridized carbons (Fsp3) is 0.500. The van der Waals surface area contributed by atoms with E-state index in [0.717, 1.165) is 15.4 Å². The number of halogens is 1. The Kier molecular flexibility index (Phi) is 5.94. The lowest BCUT2D eigenvalue weighted by Gasteiger charge is -2.18. The average molecular weight is 310 g/mol. The molecule has 116 valence electrons. The van der Waals surface area contributed by atoms with Crippen molar-refractivity contribution in [1.82, 2.24) is 4.31 Å². The van der Waals surface area contributed by atoms with E-state index >= 15 is 0 Å². The van der Waals surface area contributed by atoms with Gasteiger partial charge in [-0.3, -0.25) is 0 Å². The quantitative estimate of drug-likeness (QED) is 0.586. The minimum Gasteiger partial charge on any atom is -0.199 e. The van der Waals surface area contributed by atoms with Gasteiger partial charge in [-0.25, -0.2) is 0 Å². The fourth-order valence-electron chi connectivity index (χ4n) is 2.01. The van der Waals surface area contributed by atoms with E-state index in [0.29, 0.717) is 5.69 Å². The van der Waals surface area contributed by atoms with Crippen LogP contribution in [0.5, 0.6) is 0 Å². The summed E-state index contributed by atoms with van der Waals surface area (Å²) in [6.45, 7) is 7.96. The van der Waals surface area contributed by atoms with Gasteiger partial charge in [0, 0.05) is 7.05 Å². The topological polar surface area (TPSA) is 32.7 Å². The van der Waals surface area contributed by atoms with E-state index in [2.05, 4.69) is 10.3 Å². The molecule has 0 N–H and O–H groups in total. The SMILES string of the molecule is C#CCN(C)S(=O)(F)=Nc1c(C(C)C)cccc1C(C)C. The average Bonchev–Trinajstić information content (AvgIpc) is 2.38. The van der Waals surface area contributed by atoms with Crippen LogP contribution >= 0.6 is 0 Å². The van der Waals surface area contributed by atoms with Gasteiger partial charge in [-0.1, -0.05) is 51.8 Å². The molecule has 0 saturated carbocycles. The van der Waals surface area contributed by atoms with Crippen LogP contribution < -0.4 is 0 Å². The summed E-state index contributed by atoms with van der Waals surface area (Å²) in [5, 5.41) is 0. The molecule has 1 aromatic rings. The van der Waals surface area contributed by atoms with Crippen LogP contribution in [0.25, 0.3) is 0 Å². The molecule has 0 aliphatic heterocycles. The first-order valence-corrected chi connectivity index (χ1v) is 8.32. The first-order valence-electron chi connectivity index (χ1n) is 6.95. The van der Waals surface area contributed by atoms with E-state index < -0.39 is 10.3 Å². The van der Waals surface area contributed by atoms with Crippen molar-refractivity contribution in [2.45, 2.75) is 39.5 Å². The van der Waals surface area contributed by atoms with Gasteiger partial charge in [-0.15, -0.1) is 10.3 Å². The molecule has 0 aromatic heterocycles. The molecule has 1 aromatic carbocycles. The largest absolute Gasteiger partial charge is 0.276 e. The third-order valence-electron chi connectivity index (χ3n) is 3.24. The van der Waals surface area contributed by atoms with Gasteiger partial charge in [0.1, 0.15) is 0 Å². The van der Waals surface area contributed by atoms with Crippen molar-refractivity contribution < 1.29 is 8.09 Å². The molecule has 0 radical (unpaired) electrons. The zero-order valence-corrected chi connectivity index (χ0v) is 14.1. The lowest BCUT2D eigenvalue weighted by atomic mass is 9.93. The van der Waals surface area contributed by atoms with Crippen LogP contribution in [0.1, 0.15) is 50.7 Å². The van der Waals surface area contributed by atoms with Gasteiger partial charge < -0.3 is 0 Å². The second-order valence-electron chi connectivity index (χ2n) is 5.61. The molecule has 0 fully saturated rings. The van der Waals surface area contributed by atoms with Gasteiger partial charge in [0.25, 0.3) is 10.3 Å². The molecule has 0 heterocycles. The molecule has 0 aliphatic carbocycles. The van der Waals surface area contributed by atoms with Crippen LogP contribution in [-0.4, -0.2) is 22.1 Å². The zero-order chi connectivity index (χ0) is 16.2. The normalized spacial score (nSPS) is 14.3. The molecule has 0 spiro atoms. The van der Waals surface area contributed by atoms with E-state index in [1.165, 1.54) is 7.05 Å². The Labute approximate surface area is 128 Å². The number of benzene rings is 1. The Hall–Kier alpha value is -1.38. The molecular formula is C16H23FN2OS. The Bertz CT molecular complexity index is 626. The standard InChI is InChI=1S/C16H23FN2OS/c1-7-11-19(6)21(17,20)18-16-14(12(2)3)9-8-10-15(16)13(4)5/h1,8-10,12-13H,11H2,2-6H3. The molecule has 3 nitrogen and oxygen atoms in total. The number of hydrogen-bond donors (Lipinski definition) is 0. The molecule has 21 heavy (non-hydrogen) atoms. The number of nitrogens with zero attached hydrogens (tertiary/aromatic N) is 2. The van der Waals surface area contributed by atoms with E-state index in [-0.39, 0.29) is 18.4 Å². The van der Waals surface area contributed by atoms with Crippen LogP contribution in [-0.2, 0) is 10.3 Å². The maximum absolute atomic E-state index is 14.4. The van der Waals surface area contributed by atoms with Gasteiger partial charge in [-0.2, -0.15) is 12.9 Å². The predicted octanol–water partition coefficient (Wildman–Crippen LogP) is 4.40. The summed E-state index contributed by atoms with van der Waals surface area (Å²) in [5.41, 5.74) is 2.26. The molecular weight excluding hydrogens is 287 g/mol. The molecule has 0 saturated heterocycles. The Balaban J connectivity index is 3.55. The zero-order valence-electron chi connectivity index (χ0n) is 13.3. The van der Waals surface area contributed by atoms with Crippen LogP contribution in [0.2, 0.25) is 0 Å². The van der Waals surface area contributed by atoms with Gasteiger partial charge in [0.05, 0.1) is 12.2 Å². The lowest BCUT2D eigenvalue weighted by molar-refractivity contribution is 0.523. The fourth-order valence-corrected chi connectivity index (χ4v) is 2.82. The highest BCUT2D eigenvalue weighted by atomic mass is 32.3. The molecule has 1 unspecified atom stereocenters. The van der Waals surface area contributed by atoms with Gasteiger partial charge in [0.15, 0.2) is 0 Å². The van der Waals surface area contributed by atoms with Crippen molar-refractivity contribution in [2.75, 3.05) is 13.6 Å². The van der Waals surface area contributed by atoms with E-state index in [1.54, 1.807) is 0 Å². The van der Waals surface area contributed by atoms with Crippen molar-refractivity contribution in [3.8, 4) is 12.3 Å². The van der Waals surface area contributed by atoms with Crippen molar-refractivity contribution in [3.05, 3.63) is 29.3 Å². The van der Waals surface area contributed by atoms with Crippen molar-refractivity contribution >= 4 is 16.0 Å². The summed E-state index contributed by atoms with van der Waals surface area (Å²) in [7, 11) is -2.65. The van der Waals surface area contributed by atoms with Crippen molar-refractivity contribution in [3.63, 3.8) is 0 Å². The third kappa shape index (κ3) is 4.29. The number of hydrogen-bond acceptors (Lipinski definition) is 2. The molecule has 0 amide bonds. The highest BCUT2D eigenvalue weighted by molar-refractivity contribution is 7.86. The molecule has 1 atom stereocenters. The summed E-state index contributed by atoms with van der Waals surface area (Å²) in [4.78, 5) is 0. The van der Waals surface area contributed by atoms with Crippen LogP contribution in [0, 0.1) is 12.3 Å². The Morgan fingerprint density at radius 2 is 1.76 bits per heavy atom. The second-order valence-corrected chi connectivity index (χ2v) is 7.28. The second kappa shape index (κ2) is 7.06. The van der Waals surface area contributed by atoms with Gasteiger partial charge >= 0.3 is 0 Å². The monoisotopic (exact) mass is 310 g/mol. The van der Waals surface area contributed by atoms with E-state index in [4.69, 9.17) is 6.42 Å². The Morgan fingerprint density at radius 1 is 1.29 bits per heavy atom. The highest BCUT2D eigenvalue weighted by Crippen LogP contribution is 2.36.